The molecule has 0 saturated heterocycles. The molecule has 0 spiro atoms. The third-order valence-electron chi connectivity index (χ3n) is 3.65. The highest BCUT2D eigenvalue weighted by molar-refractivity contribution is 7.98. The van der Waals surface area contributed by atoms with Crippen molar-refractivity contribution in [3.63, 3.8) is 0 Å². The van der Waals surface area contributed by atoms with Gasteiger partial charge in [-0.3, -0.25) is 0 Å². The van der Waals surface area contributed by atoms with Crippen LogP contribution in [-0.4, -0.2) is 11.1 Å². The van der Waals surface area contributed by atoms with Crippen molar-refractivity contribution in [2.45, 2.75) is 29.9 Å². The zero-order valence-electron chi connectivity index (χ0n) is 11.1. The predicted molar refractivity (Wildman–Crippen MR) is 81.4 cm³/mol. The maximum Gasteiger partial charge on any atom is 0.335 e. The number of fused-ring (bicyclic) bond motifs is 1. The maximum atomic E-state index is 10.9. The van der Waals surface area contributed by atoms with Crippen LogP contribution in [0, 0.1) is 0 Å². The van der Waals surface area contributed by atoms with E-state index in [0.29, 0.717) is 5.56 Å². The minimum absolute atomic E-state index is 0.351. The topological polar surface area (TPSA) is 37.3 Å². The van der Waals surface area contributed by atoms with E-state index >= 15 is 0 Å². The smallest absolute Gasteiger partial charge is 0.335 e. The van der Waals surface area contributed by atoms with Gasteiger partial charge in [-0.25, -0.2) is 4.79 Å². The Kier molecular flexibility index (Phi) is 3.79. The fraction of sp³-hybridized carbons (Fsp3) is 0.235. The Morgan fingerprint density at radius 1 is 1.10 bits per heavy atom. The zero-order valence-corrected chi connectivity index (χ0v) is 12.0. The first-order valence-electron chi connectivity index (χ1n) is 6.79. The summed E-state index contributed by atoms with van der Waals surface area (Å²) in [6.07, 6.45) is 3.68. The molecule has 2 aromatic carbocycles. The van der Waals surface area contributed by atoms with E-state index in [-0.39, 0.29) is 0 Å². The molecule has 1 aliphatic carbocycles. The summed E-state index contributed by atoms with van der Waals surface area (Å²) in [4.78, 5) is 12.0. The van der Waals surface area contributed by atoms with E-state index in [0.717, 1.165) is 10.6 Å². The van der Waals surface area contributed by atoms with E-state index in [4.69, 9.17) is 5.11 Å². The molecule has 0 radical (unpaired) electrons. The van der Waals surface area contributed by atoms with Crippen molar-refractivity contribution in [1.82, 2.24) is 0 Å². The largest absolute Gasteiger partial charge is 0.478 e. The van der Waals surface area contributed by atoms with E-state index in [1.54, 1.807) is 30.0 Å². The van der Waals surface area contributed by atoms with Crippen LogP contribution in [0.25, 0.3) is 0 Å². The van der Waals surface area contributed by atoms with Crippen molar-refractivity contribution in [1.29, 1.82) is 0 Å². The van der Waals surface area contributed by atoms with Crippen LogP contribution in [-0.2, 0) is 18.6 Å². The highest BCUT2D eigenvalue weighted by Gasteiger charge is 2.11. The lowest BCUT2D eigenvalue weighted by Gasteiger charge is -2.06. The molecule has 0 heterocycles. The molecule has 0 bridgehead atoms. The second kappa shape index (κ2) is 5.71. The van der Waals surface area contributed by atoms with E-state index in [1.165, 1.54) is 36.0 Å². The molecule has 0 aliphatic heterocycles. The van der Waals surface area contributed by atoms with E-state index in [1.807, 2.05) is 6.07 Å². The highest BCUT2D eigenvalue weighted by Crippen LogP contribution is 2.27. The number of benzene rings is 2. The first kappa shape index (κ1) is 13.3. The summed E-state index contributed by atoms with van der Waals surface area (Å²) >= 11 is 1.69. The van der Waals surface area contributed by atoms with Gasteiger partial charge in [-0.15, -0.1) is 11.8 Å². The Labute approximate surface area is 122 Å². The second-order valence-electron chi connectivity index (χ2n) is 5.08. The number of aryl methyl sites for hydroxylation is 2. The summed E-state index contributed by atoms with van der Waals surface area (Å²) < 4.78 is 0. The quantitative estimate of drug-likeness (QED) is 0.856. The third kappa shape index (κ3) is 2.88. The minimum Gasteiger partial charge on any atom is -0.478 e. The number of thioether (sulfide) groups is 1. The predicted octanol–water partition coefficient (Wildman–Crippen LogP) is 4.17. The highest BCUT2D eigenvalue weighted by atomic mass is 32.2. The third-order valence-corrected chi connectivity index (χ3v) is 4.71. The normalized spacial score (nSPS) is 13.2. The molecule has 0 unspecified atom stereocenters. The number of carbonyl (C=O) groups is 1. The lowest BCUT2D eigenvalue weighted by atomic mass is 10.1. The molecule has 3 heteroatoms. The molecule has 1 N–H and O–H groups in total. The molecule has 0 aromatic heterocycles. The van der Waals surface area contributed by atoms with E-state index < -0.39 is 5.97 Å². The fourth-order valence-electron chi connectivity index (χ4n) is 2.60. The summed E-state index contributed by atoms with van der Waals surface area (Å²) in [5.41, 5.74) is 4.65. The van der Waals surface area contributed by atoms with Gasteiger partial charge < -0.3 is 5.11 Å². The minimum atomic E-state index is -0.870. The van der Waals surface area contributed by atoms with Gasteiger partial charge in [-0.1, -0.05) is 24.3 Å². The fourth-order valence-corrected chi connectivity index (χ4v) is 3.50. The molecule has 0 amide bonds. The van der Waals surface area contributed by atoms with Crippen LogP contribution in [0.2, 0.25) is 0 Å². The lowest BCUT2D eigenvalue weighted by Crippen LogP contribution is -1.95. The number of carboxylic acids is 1. The van der Waals surface area contributed by atoms with Crippen molar-refractivity contribution in [3.05, 3.63) is 64.7 Å². The summed E-state index contributed by atoms with van der Waals surface area (Å²) in [5, 5.41) is 8.99. The second-order valence-corrected chi connectivity index (χ2v) is 6.13. The van der Waals surface area contributed by atoms with Gasteiger partial charge in [-0.05, 0) is 54.2 Å². The van der Waals surface area contributed by atoms with Gasteiger partial charge >= 0.3 is 5.97 Å². The summed E-state index contributed by atoms with van der Waals surface area (Å²) in [6, 6.07) is 13.9. The van der Waals surface area contributed by atoms with Crippen molar-refractivity contribution < 1.29 is 9.90 Å². The first-order valence-corrected chi connectivity index (χ1v) is 7.78. The molecule has 0 atom stereocenters. The van der Waals surface area contributed by atoms with Crippen LogP contribution < -0.4 is 0 Å². The monoisotopic (exact) mass is 284 g/mol. The Hall–Kier alpha value is -1.74. The number of hydrogen-bond donors (Lipinski definition) is 1. The van der Waals surface area contributed by atoms with Crippen molar-refractivity contribution >= 4 is 17.7 Å². The van der Waals surface area contributed by atoms with Crippen molar-refractivity contribution in [3.8, 4) is 0 Å². The van der Waals surface area contributed by atoms with Crippen LogP contribution in [0.3, 0.4) is 0 Å². The molecule has 1 aliphatic rings. The van der Waals surface area contributed by atoms with Crippen molar-refractivity contribution in [2.24, 2.45) is 0 Å². The molecule has 2 nitrogen and oxygen atoms in total. The molecule has 102 valence electrons. The average molecular weight is 284 g/mol. The van der Waals surface area contributed by atoms with Gasteiger partial charge in [-0.2, -0.15) is 0 Å². The van der Waals surface area contributed by atoms with Crippen LogP contribution in [0.5, 0.6) is 0 Å². The Bertz CT molecular complexity index is 649. The molecular weight excluding hydrogens is 268 g/mol. The van der Waals surface area contributed by atoms with Crippen LogP contribution in [0.15, 0.2) is 47.4 Å². The zero-order chi connectivity index (χ0) is 13.9. The van der Waals surface area contributed by atoms with Crippen molar-refractivity contribution in [2.75, 3.05) is 0 Å². The van der Waals surface area contributed by atoms with Crippen LogP contribution >= 0.6 is 11.8 Å². The Balaban J connectivity index is 1.70. The van der Waals surface area contributed by atoms with Gasteiger partial charge in [0.1, 0.15) is 0 Å². The van der Waals surface area contributed by atoms with Crippen LogP contribution in [0.1, 0.15) is 33.5 Å². The van der Waals surface area contributed by atoms with E-state index in [9.17, 15) is 4.79 Å². The number of carboxylic acid groups (broad SMARTS) is 1. The van der Waals surface area contributed by atoms with Gasteiger partial charge in [0, 0.05) is 10.6 Å². The summed E-state index contributed by atoms with van der Waals surface area (Å²) in [6.45, 7) is 0. The standard InChI is InChI=1S/C17H16O2S/c18-17(19)15-5-2-6-16(10-15)20-11-12-7-8-13-3-1-4-14(13)9-12/h2,5-10H,1,3-4,11H2,(H,18,19). The average Bonchev–Trinajstić information content (AvgIpc) is 2.93. The number of aromatic carboxylic acids is 1. The molecule has 2 aromatic rings. The van der Waals surface area contributed by atoms with Gasteiger partial charge in [0.05, 0.1) is 5.56 Å². The Morgan fingerprint density at radius 2 is 1.95 bits per heavy atom. The first-order chi connectivity index (χ1) is 9.72. The maximum absolute atomic E-state index is 10.9. The molecular formula is C17H16O2S. The number of hydrogen-bond acceptors (Lipinski definition) is 2. The van der Waals surface area contributed by atoms with Gasteiger partial charge in [0.15, 0.2) is 0 Å². The Morgan fingerprint density at radius 3 is 2.80 bits per heavy atom. The molecule has 0 saturated carbocycles. The van der Waals surface area contributed by atoms with Gasteiger partial charge in [0.2, 0.25) is 0 Å². The lowest BCUT2D eigenvalue weighted by molar-refractivity contribution is 0.0696. The molecule has 0 fully saturated rings. The van der Waals surface area contributed by atoms with E-state index in [2.05, 4.69) is 18.2 Å². The number of rotatable bonds is 4. The summed E-state index contributed by atoms with van der Waals surface area (Å²) in [5.74, 6) is 0.0149. The SMILES string of the molecule is O=C(O)c1cccc(SCc2ccc3c(c2)CCC3)c1. The molecule has 3 rings (SSSR count). The van der Waals surface area contributed by atoms with Gasteiger partial charge in [0.25, 0.3) is 0 Å². The summed E-state index contributed by atoms with van der Waals surface area (Å²) in [7, 11) is 0. The van der Waals surface area contributed by atoms with Crippen LogP contribution in [0.4, 0.5) is 0 Å². The molecule has 20 heavy (non-hydrogen) atoms.